The second-order valence-electron chi connectivity index (χ2n) is 6.61. The molecule has 0 amide bonds. The first-order valence-electron chi connectivity index (χ1n) is 8.79. The molecule has 2 unspecified atom stereocenters. The van der Waals surface area contributed by atoms with Gasteiger partial charge in [-0.3, -0.25) is 0 Å². The lowest BCUT2D eigenvalue weighted by Gasteiger charge is -2.30. The van der Waals surface area contributed by atoms with E-state index in [1.54, 1.807) is 0 Å². The fourth-order valence-corrected chi connectivity index (χ4v) is 7.16. The number of hydrogen-bond acceptors (Lipinski definition) is 0. The van der Waals surface area contributed by atoms with E-state index in [9.17, 15) is 0 Å². The number of rotatable bonds is 3. The molecule has 5 rings (SSSR count). The Morgan fingerprint density at radius 1 is 0.520 bits per heavy atom. The summed E-state index contributed by atoms with van der Waals surface area (Å²) in [5.41, 5.74) is 6.69. The standard InChI is InChI=1S/C24H19P/c1-2-10-20(11-3-1)25(23-16-14-18-8-4-6-12-21(18)23)24-17-15-19-9-5-7-13-22(19)24/h1-17,23-24H. The molecule has 2 aliphatic rings. The predicted octanol–water partition coefficient (Wildman–Crippen LogP) is 6.33. The van der Waals surface area contributed by atoms with Crippen molar-refractivity contribution in [1.29, 1.82) is 0 Å². The van der Waals surface area contributed by atoms with Gasteiger partial charge in [-0.25, -0.2) is 0 Å². The van der Waals surface area contributed by atoms with Crippen LogP contribution in [0, 0.1) is 0 Å². The zero-order valence-corrected chi connectivity index (χ0v) is 14.8. The zero-order valence-electron chi connectivity index (χ0n) is 13.9. The maximum Gasteiger partial charge on any atom is 0.0279 e. The van der Waals surface area contributed by atoms with E-state index in [0.717, 1.165) is 0 Å². The molecule has 1 heteroatoms. The topological polar surface area (TPSA) is 0 Å². The van der Waals surface area contributed by atoms with Crippen molar-refractivity contribution in [3.63, 3.8) is 0 Å². The highest BCUT2D eigenvalue weighted by Crippen LogP contribution is 2.65. The minimum atomic E-state index is -0.405. The summed E-state index contributed by atoms with van der Waals surface area (Å²) in [7, 11) is -0.405. The van der Waals surface area contributed by atoms with Crippen molar-refractivity contribution in [3.8, 4) is 0 Å². The quantitative estimate of drug-likeness (QED) is 0.490. The molecule has 3 aromatic rings. The maximum absolute atomic E-state index is 2.43. The van der Waals surface area contributed by atoms with Crippen LogP contribution in [-0.4, -0.2) is 0 Å². The molecule has 0 fully saturated rings. The molecule has 0 aromatic heterocycles. The Labute approximate surface area is 150 Å². The van der Waals surface area contributed by atoms with E-state index >= 15 is 0 Å². The molecule has 25 heavy (non-hydrogen) atoms. The molecule has 0 heterocycles. The first kappa shape index (κ1) is 14.9. The van der Waals surface area contributed by atoms with Gasteiger partial charge in [-0.15, -0.1) is 0 Å². The van der Waals surface area contributed by atoms with Crippen LogP contribution in [0.5, 0.6) is 0 Å². The van der Waals surface area contributed by atoms with E-state index in [4.69, 9.17) is 0 Å². The summed E-state index contributed by atoms with van der Waals surface area (Å²) in [5, 5.41) is 1.48. The minimum Gasteiger partial charge on any atom is -0.0718 e. The number of hydrogen-bond donors (Lipinski definition) is 0. The van der Waals surface area contributed by atoms with Crippen molar-refractivity contribution in [3.05, 3.63) is 113 Å². The third-order valence-corrected chi connectivity index (χ3v) is 8.19. The zero-order chi connectivity index (χ0) is 16.6. The van der Waals surface area contributed by atoms with Gasteiger partial charge < -0.3 is 0 Å². The van der Waals surface area contributed by atoms with Crippen LogP contribution in [-0.2, 0) is 0 Å². The van der Waals surface area contributed by atoms with Crippen molar-refractivity contribution in [2.24, 2.45) is 0 Å². The van der Waals surface area contributed by atoms with E-state index in [2.05, 4.69) is 103 Å². The third-order valence-electron chi connectivity index (χ3n) is 5.20. The highest BCUT2D eigenvalue weighted by atomic mass is 31.1. The van der Waals surface area contributed by atoms with E-state index < -0.39 is 7.92 Å². The molecule has 0 bridgehead atoms. The molecule has 0 saturated heterocycles. The second kappa shape index (κ2) is 6.14. The van der Waals surface area contributed by atoms with Crippen molar-refractivity contribution in [2.45, 2.75) is 11.3 Å². The molecule has 0 radical (unpaired) electrons. The van der Waals surface area contributed by atoms with Gasteiger partial charge >= 0.3 is 0 Å². The van der Waals surface area contributed by atoms with Gasteiger partial charge in [0, 0.05) is 11.3 Å². The molecule has 2 aliphatic carbocycles. The summed E-state index contributed by atoms with van der Waals surface area (Å²) < 4.78 is 0. The monoisotopic (exact) mass is 338 g/mol. The van der Waals surface area contributed by atoms with E-state index in [0.29, 0.717) is 11.3 Å². The fraction of sp³-hybridized carbons (Fsp3) is 0.0833. The van der Waals surface area contributed by atoms with Crippen molar-refractivity contribution in [1.82, 2.24) is 0 Å². The average Bonchev–Trinajstić information content (AvgIpc) is 3.29. The van der Waals surface area contributed by atoms with Crippen LogP contribution in [0.3, 0.4) is 0 Å². The van der Waals surface area contributed by atoms with Gasteiger partial charge in [0.25, 0.3) is 0 Å². The Balaban J connectivity index is 1.65. The third kappa shape index (κ3) is 2.49. The Hall–Kier alpha value is -2.43. The maximum atomic E-state index is 2.43. The van der Waals surface area contributed by atoms with Gasteiger partial charge in [0.05, 0.1) is 0 Å². The van der Waals surface area contributed by atoms with E-state index in [1.165, 1.54) is 27.6 Å². The molecule has 0 spiro atoms. The summed E-state index contributed by atoms with van der Waals surface area (Å²) in [4.78, 5) is 0. The Morgan fingerprint density at radius 2 is 1.00 bits per heavy atom. The van der Waals surface area contributed by atoms with Gasteiger partial charge in [-0.1, -0.05) is 111 Å². The van der Waals surface area contributed by atoms with Gasteiger partial charge in [-0.05, 0) is 27.6 Å². The summed E-state index contributed by atoms with van der Waals surface area (Å²) in [6.07, 6.45) is 9.47. The Bertz CT molecular complexity index is 907. The predicted molar refractivity (Wildman–Crippen MR) is 109 cm³/mol. The van der Waals surface area contributed by atoms with Gasteiger partial charge in [0.1, 0.15) is 0 Å². The van der Waals surface area contributed by atoms with Crippen molar-refractivity contribution >= 4 is 25.4 Å². The smallest absolute Gasteiger partial charge is 0.0279 e. The molecule has 0 saturated carbocycles. The lowest BCUT2D eigenvalue weighted by molar-refractivity contribution is 1.16. The van der Waals surface area contributed by atoms with Gasteiger partial charge in [-0.2, -0.15) is 0 Å². The number of fused-ring (bicyclic) bond motifs is 2. The molecule has 0 N–H and O–H groups in total. The fourth-order valence-electron chi connectivity index (χ4n) is 4.04. The first-order chi connectivity index (χ1) is 12.4. The van der Waals surface area contributed by atoms with Crippen molar-refractivity contribution in [2.75, 3.05) is 0 Å². The van der Waals surface area contributed by atoms with Crippen molar-refractivity contribution < 1.29 is 0 Å². The largest absolute Gasteiger partial charge is 0.0718 e. The van der Waals surface area contributed by atoms with Crippen LogP contribution < -0.4 is 5.30 Å². The Kier molecular flexibility index (Phi) is 3.65. The molecule has 3 aromatic carbocycles. The summed E-state index contributed by atoms with van der Waals surface area (Å²) >= 11 is 0. The lowest BCUT2D eigenvalue weighted by atomic mass is 10.1. The van der Waals surface area contributed by atoms with Gasteiger partial charge in [0.2, 0.25) is 0 Å². The summed E-state index contributed by atoms with van der Waals surface area (Å²) in [5.74, 6) is 0. The highest BCUT2D eigenvalue weighted by Gasteiger charge is 2.34. The molecular formula is C24H19P. The highest BCUT2D eigenvalue weighted by molar-refractivity contribution is 7.66. The molecular weight excluding hydrogens is 319 g/mol. The number of allylic oxidation sites excluding steroid dienone is 2. The van der Waals surface area contributed by atoms with Crippen LogP contribution in [0.1, 0.15) is 33.6 Å². The summed E-state index contributed by atoms with van der Waals surface area (Å²) in [6.45, 7) is 0. The molecule has 2 atom stereocenters. The normalized spacial score (nSPS) is 21.1. The van der Waals surface area contributed by atoms with Crippen LogP contribution in [0.2, 0.25) is 0 Å². The molecule has 0 nitrogen and oxygen atoms in total. The molecule has 120 valence electrons. The molecule has 0 aliphatic heterocycles. The minimum absolute atomic E-state index is 0.405. The van der Waals surface area contributed by atoms with Crippen LogP contribution in [0.4, 0.5) is 0 Å². The SMILES string of the molecule is C1=CC(P(c2ccccc2)C2C=Cc3ccccc32)c2ccccc21. The van der Waals surface area contributed by atoms with Crippen LogP contribution >= 0.6 is 7.92 Å². The van der Waals surface area contributed by atoms with E-state index in [-0.39, 0.29) is 0 Å². The number of benzene rings is 3. The summed E-state index contributed by atoms with van der Waals surface area (Å²) in [6, 6.07) is 28.8. The average molecular weight is 338 g/mol. The first-order valence-corrected chi connectivity index (χ1v) is 10.3. The lowest BCUT2D eigenvalue weighted by Crippen LogP contribution is -2.10. The van der Waals surface area contributed by atoms with Crippen LogP contribution in [0.15, 0.2) is 91.0 Å². The van der Waals surface area contributed by atoms with E-state index in [1.807, 2.05) is 0 Å². The second-order valence-corrected chi connectivity index (χ2v) is 9.05. The van der Waals surface area contributed by atoms with Gasteiger partial charge in [0.15, 0.2) is 0 Å². The Morgan fingerprint density at radius 3 is 1.56 bits per heavy atom. The van der Waals surface area contributed by atoms with Crippen LogP contribution in [0.25, 0.3) is 12.2 Å².